The van der Waals surface area contributed by atoms with Gasteiger partial charge in [0.05, 0.1) is 20.1 Å². The number of hydrogen-bond donors (Lipinski definition) is 0. The predicted octanol–water partition coefficient (Wildman–Crippen LogP) is 1.83. The highest BCUT2D eigenvalue weighted by atomic mass is 16.5. The van der Waals surface area contributed by atoms with Crippen LogP contribution >= 0.6 is 0 Å². The smallest absolute Gasteiger partial charge is 0.227 e. The number of methoxy groups -OCH3 is 1. The number of carbonyl (C=O) groups excluding carboxylic acids is 1. The minimum Gasteiger partial charge on any atom is -0.496 e. The summed E-state index contributed by atoms with van der Waals surface area (Å²) in [5.74, 6) is 3.06. The summed E-state index contributed by atoms with van der Waals surface area (Å²) in [6, 6.07) is 7.71. The highest BCUT2D eigenvalue weighted by Crippen LogP contribution is 2.27. The number of rotatable bonds is 6. The predicted molar refractivity (Wildman–Crippen MR) is 104 cm³/mol. The van der Waals surface area contributed by atoms with Crippen LogP contribution in [-0.2, 0) is 24.8 Å². The maximum atomic E-state index is 12.9. The van der Waals surface area contributed by atoms with Crippen LogP contribution in [0.4, 0.5) is 0 Å². The number of likely N-dealkylation sites (tertiary alicyclic amines) is 1. The minimum atomic E-state index is 0.139. The molecule has 27 heavy (non-hydrogen) atoms. The second-order valence-corrected chi connectivity index (χ2v) is 7.44. The molecule has 2 aromatic rings. The monoisotopic (exact) mass is 371 g/mol. The second-order valence-electron chi connectivity index (χ2n) is 7.44. The lowest BCUT2D eigenvalue weighted by Crippen LogP contribution is -2.40. The molecule has 0 N–H and O–H groups in total. The molecule has 0 aliphatic carbocycles. The van der Waals surface area contributed by atoms with Crippen molar-refractivity contribution in [2.75, 3.05) is 34.3 Å². The quantitative estimate of drug-likeness (QED) is 0.775. The molecular weight excluding hydrogens is 342 g/mol. The molecule has 7 heteroatoms. The van der Waals surface area contributed by atoms with Crippen molar-refractivity contribution in [2.24, 2.45) is 7.05 Å². The number of para-hydroxylation sites is 1. The fourth-order valence-corrected chi connectivity index (χ4v) is 3.69. The summed E-state index contributed by atoms with van der Waals surface area (Å²) in [6.45, 7) is 2.25. The lowest BCUT2D eigenvalue weighted by Gasteiger charge is -2.32. The summed E-state index contributed by atoms with van der Waals surface area (Å²) in [7, 11) is 7.70. The van der Waals surface area contributed by atoms with E-state index >= 15 is 0 Å². The van der Waals surface area contributed by atoms with Gasteiger partial charge in [0, 0.05) is 31.6 Å². The van der Waals surface area contributed by atoms with Gasteiger partial charge in [0.2, 0.25) is 5.91 Å². The molecule has 3 rings (SSSR count). The minimum absolute atomic E-state index is 0.139. The van der Waals surface area contributed by atoms with E-state index in [1.807, 2.05) is 50.3 Å². The summed E-state index contributed by atoms with van der Waals surface area (Å²) in [6.07, 6.45) is 2.38. The number of ether oxygens (including phenoxy) is 1. The van der Waals surface area contributed by atoms with Gasteiger partial charge in [-0.2, -0.15) is 0 Å². The Bertz CT molecular complexity index is 786. The van der Waals surface area contributed by atoms with Gasteiger partial charge >= 0.3 is 0 Å². The normalized spacial score (nSPS) is 17.4. The average molecular weight is 371 g/mol. The molecular formula is C20H29N5O2. The van der Waals surface area contributed by atoms with E-state index in [0.717, 1.165) is 48.9 Å². The van der Waals surface area contributed by atoms with Crippen LogP contribution in [0.2, 0.25) is 0 Å². The third kappa shape index (κ3) is 4.47. The van der Waals surface area contributed by atoms with Gasteiger partial charge in [0.15, 0.2) is 0 Å². The van der Waals surface area contributed by atoms with Crippen molar-refractivity contribution in [3.05, 3.63) is 41.5 Å². The molecule has 2 heterocycles. The van der Waals surface area contributed by atoms with Crippen LogP contribution in [0.25, 0.3) is 0 Å². The van der Waals surface area contributed by atoms with Crippen LogP contribution in [0.3, 0.4) is 0 Å². The molecule has 0 radical (unpaired) electrons. The summed E-state index contributed by atoms with van der Waals surface area (Å²) in [4.78, 5) is 16.9. The SMILES string of the molecule is COc1ccccc1CC(=O)N1CCCC(c2nnc(CN(C)C)n2C)C1. The number of benzene rings is 1. The fourth-order valence-electron chi connectivity index (χ4n) is 3.69. The Morgan fingerprint density at radius 1 is 1.30 bits per heavy atom. The average Bonchev–Trinajstić information content (AvgIpc) is 3.02. The standard InChI is InChI=1S/C20H29N5O2/c1-23(2)14-18-21-22-20(24(18)3)16-9-7-11-25(13-16)19(26)12-15-8-5-6-10-17(15)27-4/h5-6,8,10,16H,7,9,11-14H2,1-4H3. The number of piperidine rings is 1. The Morgan fingerprint density at radius 2 is 2.07 bits per heavy atom. The second kappa shape index (κ2) is 8.52. The molecule has 0 bridgehead atoms. The summed E-state index contributed by atoms with van der Waals surface area (Å²) >= 11 is 0. The van der Waals surface area contributed by atoms with Gasteiger partial charge in [-0.3, -0.25) is 4.79 Å². The molecule has 1 unspecified atom stereocenters. The lowest BCUT2D eigenvalue weighted by molar-refractivity contribution is -0.131. The van der Waals surface area contributed by atoms with E-state index in [9.17, 15) is 4.79 Å². The van der Waals surface area contributed by atoms with E-state index in [1.54, 1.807) is 7.11 Å². The Morgan fingerprint density at radius 3 is 2.81 bits per heavy atom. The van der Waals surface area contributed by atoms with Crippen LogP contribution in [0, 0.1) is 0 Å². The number of amides is 1. The molecule has 0 saturated carbocycles. The molecule has 0 spiro atoms. The Hall–Kier alpha value is -2.41. The van der Waals surface area contributed by atoms with Gasteiger partial charge in [-0.1, -0.05) is 18.2 Å². The summed E-state index contributed by atoms with van der Waals surface area (Å²) < 4.78 is 7.46. The van der Waals surface area contributed by atoms with Crippen LogP contribution in [0.1, 0.15) is 36.0 Å². The van der Waals surface area contributed by atoms with E-state index < -0.39 is 0 Å². The number of aromatic nitrogens is 3. The number of nitrogens with zero attached hydrogens (tertiary/aromatic N) is 5. The van der Waals surface area contributed by atoms with Gasteiger partial charge < -0.3 is 19.1 Å². The molecule has 1 aliphatic heterocycles. The Labute approximate surface area is 160 Å². The first-order chi connectivity index (χ1) is 13.0. The van der Waals surface area contributed by atoms with Crippen LogP contribution in [-0.4, -0.2) is 64.8 Å². The van der Waals surface area contributed by atoms with Crippen LogP contribution in [0.5, 0.6) is 5.75 Å². The van der Waals surface area contributed by atoms with Crippen LogP contribution in [0.15, 0.2) is 24.3 Å². The van der Waals surface area contributed by atoms with Gasteiger partial charge in [-0.15, -0.1) is 10.2 Å². The molecule has 1 fully saturated rings. The molecule has 1 aliphatic rings. The first-order valence-corrected chi connectivity index (χ1v) is 9.42. The lowest BCUT2D eigenvalue weighted by atomic mass is 9.96. The Balaban J connectivity index is 1.69. The molecule has 1 amide bonds. The van der Waals surface area contributed by atoms with E-state index in [-0.39, 0.29) is 11.8 Å². The van der Waals surface area contributed by atoms with Crippen molar-refractivity contribution in [3.8, 4) is 5.75 Å². The topological polar surface area (TPSA) is 63.5 Å². The molecule has 1 saturated heterocycles. The van der Waals surface area contributed by atoms with Crippen molar-refractivity contribution in [1.82, 2.24) is 24.6 Å². The zero-order valence-electron chi connectivity index (χ0n) is 16.7. The third-order valence-electron chi connectivity index (χ3n) is 5.13. The zero-order chi connectivity index (χ0) is 19.4. The zero-order valence-corrected chi connectivity index (χ0v) is 16.7. The molecule has 1 aromatic carbocycles. The third-order valence-corrected chi connectivity index (χ3v) is 5.13. The van der Waals surface area contributed by atoms with Crippen molar-refractivity contribution >= 4 is 5.91 Å². The van der Waals surface area contributed by atoms with Crippen molar-refractivity contribution in [2.45, 2.75) is 31.7 Å². The highest BCUT2D eigenvalue weighted by Gasteiger charge is 2.28. The van der Waals surface area contributed by atoms with E-state index in [0.29, 0.717) is 13.0 Å². The maximum absolute atomic E-state index is 12.9. The van der Waals surface area contributed by atoms with Gasteiger partial charge in [0.1, 0.15) is 17.4 Å². The van der Waals surface area contributed by atoms with E-state index in [4.69, 9.17) is 4.74 Å². The van der Waals surface area contributed by atoms with Gasteiger partial charge in [0.25, 0.3) is 0 Å². The van der Waals surface area contributed by atoms with Gasteiger partial charge in [-0.25, -0.2) is 0 Å². The Kier molecular flexibility index (Phi) is 6.11. The maximum Gasteiger partial charge on any atom is 0.227 e. The van der Waals surface area contributed by atoms with Crippen LogP contribution < -0.4 is 4.74 Å². The van der Waals surface area contributed by atoms with Crippen molar-refractivity contribution < 1.29 is 9.53 Å². The van der Waals surface area contributed by atoms with Gasteiger partial charge in [-0.05, 0) is 33.0 Å². The fraction of sp³-hybridized carbons (Fsp3) is 0.550. The molecule has 1 aromatic heterocycles. The van der Waals surface area contributed by atoms with Crippen molar-refractivity contribution in [1.29, 1.82) is 0 Å². The molecule has 1 atom stereocenters. The van der Waals surface area contributed by atoms with Crippen molar-refractivity contribution in [3.63, 3.8) is 0 Å². The number of hydrogen-bond acceptors (Lipinski definition) is 5. The summed E-state index contributed by atoms with van der Waals surface area (Å²) in [5.41, 5.74) is 0.930. The summed E-state index contributed by atoms with van der Waals surface area (Å²) in [5, 5.41) is 8.77. The highest BCUT2D eigenvalue weighted by molar-refractivity contribution is 5.79. The van der Waals surface area contributed by atoms with E-state index in [2.05, 4.69) is 19.7 Å². The molecule has 146 valence electrons. The first-order valence-electron chi connectivity index (χ1n) is 9.42. The first kappa shape index (κ1) is 19.4. The number of carbonyl (C=O) groups is 1. The molecule has 7 nitrogen and oxygen atoms in total. The van der Waals surface area contributed by atoms with E-state index in [1.165, 1.54) is 0 Å². The largest absolute Gasteiger partial charge is 0.496 e.